The number of pyridine rings is 1. The molecule has 0 aliphatic carbocycles. The zero-order chi connectivity index (χ0) is 15.0. The quantitative estimate of drug-likeness (QED) is 0.536. The summed E-state index contributed by atoms with van der Waals surface area (Å²) in [5, 5.41) is 28.8. The van der Waals surface area contributed by atoms with Crippen LogP contribution in [0.1, 0.15) is 5.69 Å². The third kappa shape index (κ3) is 5.21. The number of aliphatic hydroxyl groups excluding tert-OH is 2. The van der Waals surface area contributed by atoms with Crippen molar-refractivity contribution >= 4 is 17.7 Å². The number of amides is 2. The fourth-order valence-electron chi connectivity index (χ4n) is 1.52. The van der Waals surface area contributed by atoms with Crippen LogP contribution in [0.15, 0.2) is 18.3 Å². The lowest BCUT2D eigenvalue weighted by atomic mass is 10.2. The van der Waals surface area contributed by atoms with E-state index in [2.05, 4.69) is 10.3 Å². The van der Waals surface area contributed by atoms with E-state index in [4.69, 9.17) is 15.3 Å². The molecule has 8 nitrogen and oxygen atoms in total. The molecule has 0 saturated heterocycles. The van der Waals surface area contributed by atoms with Gasteiger partial charge in [-0.15, -0.1) is 0 Å². The molecular formula is C12H17N3O5. The smallest absolute Gasteiger partial charge is 0.322 e. The van der Waals surface area contributed by atoms with Crippen LogP contribution in [0.4, 0.5) is 10.5 Å². The number of hydrogen-bond acceptors (Lipinski definition) is 5. The van der Waals surface area contributed by atoms with Crippen LogP contribution in [0.25, 0.3) is 0 Å². The second-order valence-corrected chi connectivity index (χ2v) is 3.97. The van der Waals surface area contributed by atoms with Gasteiger partial charge in [0.15, 0.2) is 0 Å². The summed E-state index contributed by atoms with van der Waals surface area (Å²) < 4.78 is 0. The summed E-state index contributed by atoms with van der Waals surface area (Å²) in [6.07, 6.45) is 1.17. The van der Waals surface area contributed by atoms with Crippen LogP contribution in [-0.4, -0.2) is 63.5 Å². The van der Waals surface area contributed by atoms with Crippen LogP contribution in [-0.2, 0) is 11.2 Å². The van der Waals surface area contributed by atoms with Gasteiger partial charge in [-0.1, -0.05) is 0 Å². The van der Waals surface area contributed by atoms with E-state index in [0.717, 1.165) is 0 Å². The first kappa shape index (κ1) is 15.9. The second kappa shape index (κ2) is 8.08. The summed E-state index contributed by atoms with van der Waals surface area (Å²) in [4.78, 5) is 27.5. The number of urea groups is 1. The Kier molecular flexibility index (Phi) is 6.41. The molecule has 1 rings (SSSR count). The first-order valence-corrected chi connectivity index (χ1v) is 6.01. The van der Waals surface area contributed by atoms with Gasteiger partial charge in [-0.25, -0.2) is 4.79 Å². The summed E-state index contributed by atoms with van der Waals surface area (Å²) in [6, 6.07) is 2.58. The molecule has 0 saturated carbocycles. The lowest BCUT2D eigenvalue weighted by Crippen LogP contribution is -2.38. The number of anilines is 1. The van der Waals surface area contributed by atoms with E-state index in [9.17, 15) is 9.59 Å². The molecule has 0 fully saturated rings. The van der Waals surface area contributed by atoms with Crippen molar-refractivity contribution in [1.29, 1.82) is 0 Å². The molecule has 0 aliphatic heterocycles. The monoisotopic (exact) mass is 283 g/mol. The van der Waals surface area contributed by atoms with Crippen LogP contribution >= 0.6 is 0 Å². The average Bonchev–Trinajstić information content (AvgIpc) is 2.40. The van der Waals surface area contributed by atoms with Gasteiger partial charge < -0.3 is 25.5 Å². The Hall–Kier alpha value is -2.19. The lowest BCUT2D eigenvalue weighted by molar-refractivity contribution is -0.136. The molecule has 0 aliphatic rings. The average molecular weight is 283 g/mol. The Balaban J connectivity index is 2.62. The zero-order valence-electron chi connectivity index (χ0n) is 10.8. The maximum absolute atomic E-state index is 11.8. The molecule has 1 aromatic heterocycles. The van der Waals surface area contributed by atoms with Crippen molar-refractivity contribution in [2.75, 3.05) is 31.6 Å². The largest absolute Gasteiger partial charge is 0.481 e. The highest BCUT2D eigenvalue weighted by molar-refractivity contribution is 5.89. The first-order chi connectivity index (χ1) is 9.56. The molecule has 0 aromatic carbocycles. The van der Waals surface area contributed by atoms with Gasteiger partial charge in [0.1, 0.15) is 0 Å². The molecular weight excluding hydrogens is 266 g/mol. The minimum atomic E-state index is -0.980. The molecule has 1 heterocycles. The Morgan fingerprint density at radius 1 is 1.20 bits per heavy atom. The van der Waals surface area contributed by atoms with E-state index in [1.807, 2.05) is 0 Å². The number of nitrogens with zero attached hydrogens (tertiary/aromatic N) is 2. The fraction of sp³-hybridized carbons (Fsp3) is 0.417. The molecule has 8 heteroatoms. The van der Waals surface area contributed by atoms with Crippen LogP contribution in [0.2, 0.25) is 0 Å². The van der Waals surface area contributed by atoms with Gasteiger partial charge in [-0.05, 0) is 12.1 Å². The first-order valence-electron chi connectivity index (χ1n) is 6.01. The number of carbonyl (C=O) groups is 2. The molecule has 0 spiro atoms. The molecule has 0 atom stereocenters. The number of aliphatic carboxylic acids is 1. The SMILES string of the molecule is O=C(O)Cc1ccc(NC(=O)N(CCO)CCO)cn1. The topological polar surface area (TPSA) is 123 Å². The molecule has 4 N–H and O–H groups in total. The number of nitrogens with one attached hydrogen (secondary N) is 1. The predicted octanol–water partition coefficient (Wildman–Crippen LogP) is -0.473. The van der Waals surface area contributed by atoms with Crippen LogP contribution < -0.4 is 5.32 Å². The number of aromatic nitrogens is 1. The standard InChI is InChI=1S/C12H17N3O5/c16-5-3-15(4-6-17)12(20)14-10-2-1-9(13-8-10)7-11(18)19/h1-2,8,16-17H,3-7H2,(H,14,20)(H,18,19). The van der Waals surface area contributed by atoms with Gasteiger partial charge in [0.05, 0.1) is 37.2 Å². The van der Waals surface area contributed by atoms with E-state index in [1.54, 1.807) is 6.07 Å². The number of hydrogen-bond donors (Lipinski definition) is 4. The molecule has 0 radical (unpaired) electrons. The van der Waals surface area contributed by atoms with Gasteiger partial charge >= 0.3 is 12.0 Å². The zero-order valence-corrected chi connectivity index (χ0v) is 10.8. The van der Waals surface area contributed by atoms with Gasteiger partial charge in [-0.2, -0.15) is 0 Å². The Morgan fingerprint density at radius 2 is 1.85 bits per heavy atom. The van der Waals surface area contributed by atoms with Crippen molar-refractivity contribution in [1.82, 2.24) is 9.88 Å². The summed E-state index contributed by atoms with van der Waals surface area (Å²) in [6.45, 7) is -0.194. The normalized spacial score (nSPS) is 10.1. The van der Waals surface area contributed by atoms with Gasteiger partial charge in [-0.3, -0.25) is 9.78 Å². The predicted molar refractivity (Wildman–Crippen MR) is 70.3 cm³/mol. The van der Waals surface area contributed by atoms with Crippen molar-refractivity contribution < 1.29 is 24.9 Å². The third-order valence-corrected chi connectivity index (χ3v) is 2.44. The summed E-state index contributed by atoms with van der Waals surface area (Å²) >= 11 is 0. The van der Waals surface area contributed by atoms with Crippen LogP contribution in [0.3, 0.4) is 0 Å². The number of carbonyl (C=O) groups excluding carboxylic acids is 1. The molecule has 20 heavy (non-hydrogen) atoms. The maximum Gasteiger partial charge on any atom is 0.322 e. The fourth-order valence-corrected chi connectivity index (χ4v) is 1.52. The van der Waals surface area contributed by atoms with Crippen molar-refractivity contribution in [2.45, 2.75) is 6.42 Å². The number of carboxylic acids is 1. The van der Waals surface area contributed by atoms with E-state index in [1.165, 1.54) is 17.2 Å². The number of rotatable bonds is 7. The van der Waals surface area contributed by atoms with E-state index >= 15 is 0 Å². The van der Waals surface area contributed by atoms with Crippen molar-refractivity contribution in [3.63, 3.8) is 0 Å². The van der Waals surface area contributed by atoms with Crippen LogP contribution in [0, 0.1) is 0 Å². The van der Waals surface area contributed by atoms with Gasteiger partial charge in [0.2, 0.25) is 0 Å². The molecule has 2 amide bonds. The Morgan fingerprint density at radius 3 is 2.30 bits per heavy atom. The minimum Gasteiger partial charge on any atom is -0.481 e. The molecule has 0 unspecified atom stereocenters. The highest BCUT2D eigenvalue weighted by Crippen LogP contribution is 2.08. The van der Waals surface area contributed by atoms with Crippen molar-refractivity contribution in [3.05, 3.63) is 24.0 Å². The summed E-state index contributed by atoms with van der Waals surface area (Å²) in [5.74, 6) is -0.980. The van der Waals surface area contributed by atoms with E-state index in [0.29, 0.717) is 11.4 Å². The second-order valence-electron chi connectivity index (χ2n) is 3.97. The lowest BCUT2D eigenvalue weighted by Gasteiger charge is -2.21. The highest BCUT2D eigenvalue weighted by atomic mass is 16.4. The third-order valence-electron chi connectivity index (χ3n) is 2.44. The molecule has 0 bridgehead atoms. The van der Waals surface area contributed by atoms with Crippen molar-refractivity contribution in [3.8, 4) is 0 Å². The van der Waals surface area contributed by atoms with E-state index in [-0.39, 0.29) is 32.7 Å². The summed E-state index contributed by atoms with van der Waals surface area (Å²) in [5.41, 5.74) is 0.795. The Labute approximate surface area is 115 Å². The maximum atomic E-state index is 11.8. The minimum absolute atomic E-state index is 0.108. The van der Waals surface area contributed by atoms with Gasteiger partial charge in [0.25, 0.3) is 0 Å². The summed E-state index contributed by atoms with van der Waals surface area (Å²) in [7, 11) is 0. The Bertz CT molecular complexity index is 443. The molecule has 110 valence electrons. The van der Waals surface area contributed by atoms with Crippen molar-refractivity contribution in [2.24, 2.45) is 0 Å². The number of carboxylic acid groups (broad SMARTS) is 1. The van der Waals surface area contributed by atoms with Gasteiger partial charge in [0, 0.05) is 13.1 Å². The van der Waals surface area contributed by atoms with Crippen LogP contribution in [0.5, 0.6) is 0 Å². The number of aliphatic hydroxyl groups is 2. The molecule has 1 aromatic rings. The highest BCUT2D eigenvalue weighted by Gasteiger charge is 2.12. The van der Waals surface area contributed by atoms with E-state index < -0.39 is 12.0 Å².